The number of hydrogen-bond acceptors (Lipinski definition) is 3. The zero-order valence-electron chi connectivity index (χ0n) is 22.5. The van der Waals surface area contributed by atoms with Gasteiger partial charge in [0.15, 0.2) is 0 Å². The summed E-state index contributed by atoms with van der Waals surface area (Å²) in [7, 11) is 1.73. The third kappa shape index (κ3) is 4.73. The Kier molecular flexibility index (Phi) is 7.11. The Morgan fingerprint density at radius 3 is 2.23 bits per heavy atom. The fraction of sp³-hybridized carbons (Fsp3) is 0.533. The summed E-state index contributed by atoms with van der Waals surface area (Å²) in [5.74, 6) is -1.99. The average Bonchev–Trinajstić information content (AvgIpc) is 3.27. The van der Waals surface area contributed by atoms with Crippen molar-refractivity contribution in [1.82, 2.24) is 4.90 Å². The number of benzene rings is 2. The molecule has 2 aromatic rings. The minimum absolute atomic E-state index is 0.0308. The van der Waals surface area contributed by atoms with E-state index in [1.807, 2.05) is 4.90 Å². The molecule has 3 unspecified atom stereocenters. The number of amides is 1. The topological polar surface area (TPSA) is 60.9 Å². The van der Waals surface area contributed by atoms with E-state index in [0.29, 0.717) is 64.2 Å². The number of fused-ring (bicyclic) bond motifs is 3. The van der Waals surface area contributed by atoms with Crippen LogP contribution in [0.1, 0.15) is 55.7 Å². The number of carbonyl (C=O) groups is 2. The number of carbonyl (C=O) groups excluding carboxylic acids is 1. The highest BCUT2D eigenvalue weighted by Gasteiger charge is 2.57. The van der Waals surface area contributed by atoms with Crippen molar-refractivity contribution in [2.75, 3.05) is 25.0 Å². The van der Waals surface area contributed by atoms with Crippen molar-refractivity contribution in [3.8, 4) is 0 Å². The Balaban J connectivity index is 1.53. The summed E-state index contributed by atoms with van der Waals surface area (Å²) in [6, 6.07) is 9.76. The minimum Gasteiger partial charge on any atom is -0.481 e. The molecular weight excluding hydrogens is 531 g/mol. The molecule has 2 heterocycles. The maximum atomic E-state index is 15.0. The molecule has 2 aromatic carbocycles. The Labute approximate surface area is 230 Å². The van der Waals surface area contributed by atoms with Crippen LogP contribution in [-0.4, -0.2) is 54.2 Å². The molecule has 3 atom stereocenters. The monoisotopic (exact) mass is 564 g/mol. The first-order valence-corrected chi connectivity index (χ1v) is 13.6. The number of halogens is 5. The standard InChI is InChI=1S/C30H33F5N2O3/c1-28(32,30(33,34)35)21-9-12-23-24(15-21)36(2)17-25-29(23,16-18-3-10-22(31)11-4-18)13-14-37(25)26(38)19-5-7-20(8-6-19)27(39)40/h3-4,9-12,15,19-20,25H,5-8,13-14,16-17H2,1-2H3,(H,39,40). The van der Waals surface area contributed by atoms with E-state index >= 15 is 0 Å². The lowest BCUT2D eigenvalue weighted by atomic mass is 9.66. The van der Waals surface area contributed by atoms with Crippen LogP contribution in [0.15, 0.2) is 42.5 Å². The SMILES string of the molecule is CN1CC2N(C(=O)C3CCC(C(=O)O)CC3)CCC2(Cc2ccc(F)cc2)c2ccc(C(C)(F)C(F)(F)F)cc21. The van der Waals surface area contributed by atoms with Crippen LogP contribution < -0.4 is 4.90 Å². The maximum Gasteiger partial charge on any atom is 0.426 e. The first kappa shape index (κ1) is 28.4. The quantitative estimate of drug-likeness (QED) is 0.453. The highest BCUT2D eigenvalue weighted by atomic mass is 19.4. The van der Waals surface area contributed by atoms with Crippen LogP contribution in [0.4, 0.5) is 27.6 Å². The largest absolute Gasteiger partial charge is 0.481 e. The molecule has 1 aliphatic carbocycles. The molecule has 1 saturated heterocycles. The fourth-order valence-corrected chi connectivity index (χ4v) is 6.96. The van der Waals surface area contributed by atoms with Gasteiger partial charge in [-0.2, -0.15) is 13.2 Å². The van der Waals surface area contributed by atoms with Gasteiger partial charge in [-0.05, 0) is 74.8 Å². The van der Waals surface area contributed by atoms with Gasteiger partial charge in [0.25, 0.3) is 0 Å². The summed E-state index contributed by atoms with van der Waals surface area (Å²) in [4.78, 5) is 28.9. The highest BCUT2D eigenvalue weighted by Crippen LogP contribution is 2.52. The summed E-state index contributed by atoms with van der Waals surface area (Å²) < 4.78 is 69.3. The molecule has 2 aliphatic heterocycles. The van der Waals surface area contributed by atoms with E-state index in [0.717, 1.165) is 11.1 Å². The van der Waals surface area contributed by atoms with Gasteiger partial charge in [0, 0.05) is 42.7 Å². The molecule has 0 aromatic heterocycles. The Hall–Kier alpha value is -3.17. The number of hydrogen-bond donors (Lipinski definition) is 1. The third-order valence-corrected chi connectivity index (χ3v) is 9.42. The second-order valence-electron chi connectivity index (χ2n) is 11.8. The van der Waals surface area contributed by atoms with Crippen LogP contribution in [0.5, 0.6) is 0 Å². The van der Waals surface area contributed by atoms with Crippen molar-refractivity contribution >= 4 is 17.6 Å². The number of carboxylic acid groups (broad SMARTS) is 1. The van der Waals surface area contributed by atoms with Crippen LogP contribution >= 0.6 is 0 Å². The van der Waals surface area contributed by atoms with Gasteiger partial charge >= 0.3 is 12.1 Å². The Morgan fingerprint density at radius 1 is 1.00 bits per heavy atom. The number of rotatable bonds is 5. The molecule has 0 radical (unpaired) electrons. The molecule has 3 aliphatic rings. The van der Waals surface area contributed by atoms with E-state index in [1.54, 1.807) is 30.1 Å². The van der Waals surface area contributed by atoms with E-state index < -0.39 is 34.7 Å². The summed E-state index contributed by atoms with van der Waals surface area (Å²) in [6.07, 6.45) is -2.25. The van der Waals surface area contributed by atoms with E-state index in [4.69, 9.17) is 0 Å². The molecule has 10 heteroatoms. The van der Waals surface area contributed by atoms with Crippen molar-refractivity contribution < 1.29 is 36.6 Å². The number of likely N-dealkylation sites (N-methyl/N-ethyl adjacent to an activating group) is 1. The smallest absolute Gasteiger partial charge is 0.426 e. The lowest BCUT2D eigenvalue weighted by Gasteiger charge is -2.48. The van der Waals surface area contributed by atoms with Crippen LogP contribution in [0.3, 0.4) is 0 Å². The van der Waals surface area contributed by atoms with Crippen molar-refractivity contribution in [1.29, 1.82) is 0 Å². The molecule has 2 fully saturated rings. The summed E-state index contributed by atoms with van der Waals surface area (Å²) in [5.41, 5.74) is -2.63. The van der Waals surface area contributed by atoms with Gasteiger partial charge in [-0.15, -0.1) is 0 Å². The second-order valence-corrected chi connectivity index (χ2v) is 11.8. The lowest BCUT2D eigenvalue weighted by Crippen LogP contribution is -2.56. The van der Waals surface area contributed by atoms with Gasteiger partial charge in [0.05, 0.1) is 12.0 Å². The number of alkyl halides is 4. The van der Waals surface area contributed by atoms with E-state index in [1.165, 1.54) is 24.3 Å². The molecule has 1 N–H and O–H groups in total. The zero-order chi connectivity index (χ0) is 29.0. The molecular formula is C30H33F5N2O3. The Bertz CT molecular complexity index is 1290. The fourth-order valence-electron chi connectivity index (χ4n) is 6.96. The molecule has 0 bridgehead atoms. The van der Waals surface area contributed by atoms with Crippen LogP contribution in [0, 0.1) is 17.7 Å². The normalized spacial score (nSPS) is 28.0. The van der Waals surface area contributed by atoms with E-state index in [2.05, 4.69) is 0 Å². The maximum absolute atomic E-state index is 15.0. The van der Waals surface area contributed by atoms with Gasteiger partial charge < -0.3 is 14.9 Å². The number of likely N-dealkylation sites (tertiary alicyclic amines) is 1. The van der Waals surface area contributed by atoms with Crippen LogP contribution in [0.2, 0.25) is 0 Å². The van der Waals surface area contributed by atoms with Crippen LogP contribution in [-0.2, 0) is 27.1 Å². The van der Waals surface area contributed by atoms with Gasteiger partial charge in [0.1, 0.15) is 5.82 Å². The molecule has 5 nitrogen and oxygen atoms in total. The summed E-state index contributed by atoms with van der Waals surface area (Å²) >= 11 is 0. The minimum atomic E-state index is -5.08. The molecule has 1 amide bonds. The lowest BCUT2D eigenvalue weighted by molar-refractivity contribution is -0.228. The Morgan fingerprint density at radius 2 is 1.62 bits per heavy atom. The van der Waals surface area contributed by atoms with Crippen LogP contribution in [0.25, 0.3) is 0 Å². The predicted molar refractivity (Wildman–Crippen MR) is 139 cm³/mol. The summed E-state index contributed by atoms with van der Waals surface area (Å²) in [5, 5.41) is 9.35. The molecule has 216 valence electrons. The van der Waals surface area contributed by atoms with Gasteiger partial charge in [-0.25, -0.2) is 8.78 Å². The van der Waals surface area contributed by atoms with Gasteiger partial charge in [-0.3, -0.25) is 9.59 Å². The number of aliphatic carboxylic acids is 1. The molecule has 1 saturated carbocycles. The average molecular weight is 565 g/mol. The van der Waals surface area contributed by atoms with E-state index in [9.17, 15) is 36.6 Å². The molecule has 5 rings (SSSR count). The van der Waals surface area contributed by atoms with Gasteiger partial charge in [0.2, 0.25) is 11.6 Å². The summed E-state index contributed by atoms with van der Waals surface area (Å²) in [6.45, 7) is 1.29. The predicted octanol–water partition coefficient (Wildman–Crippen LogP) is 5.99. The highest BCUT2D eigenvalue weighted by molar-refractivity contribution is 5.81. The third-order valence-electron chi connectivity index (χ3n) is 9.42. The first-order valence-electron chi connectivity index (χ1n) is 13.6. The van der Waals surface area contributed by atoms with Crippen molar-refractivity contribution in [2.45, 2.75) is 68.8 Å². The van der Waals surface area contributed by atoms with Gasteiger partial charge in [-0.1, -0.05) is 24.3 Å². The molecule has 0 spiro atoms. The van der Waals surface area contributed by atoms with Crippen molar-refractivity contribution in [2.24, 2.45) is 11.8 Å². The number of nitrogens with zero attached hydrogens (tertiary/aromatic N) is 2. The first-order chi connectivity index (χ1) is 18.7. The number of anilines is 1. The van der Waals surface area contributed by atoms with E-state index in [-0.39, 0.29) is 23.7 Å². The zero-order valence-corrected chi connectivity index (χ0v) is 22.5. The van der Waals surface area contributed by atoms with Crippen molar-refractivity contribution in [3.63, 3.8) is 0 Å². The number of carboxylic acids is 1. The van der Waals surface area contributed by atoms with Crippen molar-refractivity contribution in [3.05, 3.63) is 65.0 Å². The molecule has 40 heavy (non-hydrogen) atoms. The second kappa shape index (κ2) is 10.0.